The van der Waals surface area contributed by atoms with Gasteiger partial charge in [-0.1, -0.05) is 0 Å². The molecule has 1 N–H and O–H groups in total. The third-order valence-corrected chi connectivity index (χ3v) is 7.26. The van der Waals surface area contributed by atoms with Crippen molar-refractivity contribution < 1.29 is 17.9 Å². The largest absolute Gasteiger partial charge is 0.490 e. The minimum atomic E-state index is -3.53. The first-order chi connectivity index (χ1) is 11.5. The number of hydrogen-bond donors (Lipinski definition) is 1. The van der Waals surface area contributed by atoms with Gasteiger partial charge in [0.1, 0.15) is 0 Å². The van der Waals surface area contributed by atoms with Crippen molar-refractivity contribution in [3.63, 3.8) is 0 Å². The van der Waals surface area contributed by atoms with Crippen molar-refractivity contribution in [2.75, 3.05) is 20.3 Å². The predicted octanol–water partition coefficient (Wildman–Crippen LogP) is 2.17. The highest BCUT2D eigenvalue weighted by molar-refractivity contribution is 7.89. The second kappa shape index (κ2) is 7.31. The van der Waals surface area contributed by atoms with Gasteiger partial charge in [-0.3, -0.25) is 0 Å². The van der Waals surface area contributed by atoms with Gasteiger partial charge in [-0.25, -0.2) is 8.42 Å². The molecule has 1 aromatic rings. The molecule has 4 rings (SSSR count). The maximum absolute atomic E-state index is 13.0. The lowest BCUT2D eigenvalue weighted by Crippen LogP contribution is -2.48. The average molecular weight is 389 g/mol. The molecule has 0 spiro atoms. The molecular formula is C17H25ClN2O4S. The molecule has 0 aliphatic carbocycles. The first-order valence-corrected chi connectivity index (χ1v) is 10.1. The summed E-state index contributed by atoms with van der Waals surface area (Å²) >= 11 is 0. The standard InChI is InChI=1S/C17H24N2O4S.ClH/c1-19(14-9-12-3-4-13(10-14)18-12)24(20,21)15-5-6-16-17(11-15)23-8-2-7-22-16;/h5-6,11-14,18H,2-4,7-10H2,1H3;1H. The van der Waals surface area contributed by atoms with Gasteiger partial charge >= 0.3 is 0 Å². The summed E-state index contributed by atoms with van der Waals surface area (Å²) in [4.78, 5) is 0.278. The van der Waals surface area contributed by atoms with E-state index in [0.717, 1.165) is 32.1 Å². The number of benzene rings is 1. The molecule has 2 atom stereocenters. The molecule has 2 unspecified atom stereocenters. The topological polar surface area (TPSA) is 67.9 Å². The molecule has 3 aliphatic rings. The normalized spacial score (nSPS) is 28.3. The first-order valence-electron chi connectivity index (χ1n) is 8.68. The van der Waals surface area contributed by atoms with Gasteiger partial charge in [0.25, 0.3) is 0 Å². The Kier molecular flexibility index (Phi) is 5.48. The van der Waals surface area contributed by atoms with Crippen molar-refractivity contribution >= 4 is 22.4 Å². The Bertz CT molecular complexity index is 715. The van der Waals surface area contributed by atoms with Crippen LogP contribution >= 0.6 is 12.4 Å². The van der Waals surface area contributed by atoms with E-state index in [-0.39, 0.29) is 23.3 Å². The Balaban J connectivity index is 0.00000182. The van der Waals surface area contributed by atoms with Crippen LogP contribution in [0.1, 0.15) is 32.1 Å². The number of ether oxygens (including phenoxy) is 2. The summed E-state index contributed by atoms with van der Waals surface area (Å²) in [7, 11) is -1.83. The highest BCUT2D eigenvalue weighted by Crippen LogP contribution is 2.35. The number of sulfonamides is 1. The highest BCUT2D eigenvalue weighted by Gasteiger charge is 2.39. The summed E-state index contributed by atoms with van der Waals surface area (Å²) in [5.74, 6) is 1.14. The molecule has 140 valence electrons. The van der Waals surface area contributed by atoms with E-state index in [9.17, 15) is 8.42 Å². The zero-order valence-electron chi connectivity index (χ0n) is 14.3. The lowest BCUT2D eigenvalue weighted by molar-refractivity contribution is 0.251. The van der Waals surface area contributed by atoms with Gasteiger partial charge in [-0.2, -0.15) is 4.31 Å². The number of nitrogens with one attached hydrogen (secondary N) is 1. The fourth-order valence-electron chi connectivity index (χ4n) is 3.99. The van der Waals surface area contributed by atoms with E-state index in [1.165, 1.54) is 0 Å². The number of rotatable bonds is 3. The predicted molar refractivity (Wildman–Crippen MR) is 97.2 cm³/mol. The van der Waals surface area contributed by atoms with Crippen molar-refractivity contribution in [1.82, 2.24) is 9.62 Å². The summed E-state index contributed by atoms with van der Waals surface area (Å²) in [5.41, 5.74) is 0. The molecule has 2 fully saturated rings. The van der Waals surface area contributed by atoms with Gasteiger partial charge in [0.15, 0.2) is 11.5 Å². The minimum Gasteiger partial charge on any atom is -0.490 e. The van der Waals surface area contributed by atoms with Crippen LogP contribution in [0.25, 0.3) is 0 Å². The number of fused-ring (bicyclic) bond motifs is 3. The van der Waals surface area contributed by atoms with Gasteiger partial charge in [-0.05, 0) is 37.8 Å². The highest BCUT2D eigenvalue weighted by atomic mass is 35.5. The maximum Gasteiger partial charge on any atom is 0.243 e. The second-order valence-electron chi connectivity index (χ2n) is 6.94. The van der Waals surface area contributed by atoms with Crippen LogP contribution in [0.5, 0.6) is 11.5 Å². The zero-order valence-corrected chi connectivity index (χ0v) is 15.9. The molecule has 6 nitrogen and oxygen atoms in total. The second-order valence-corrected chi connectivity index (χ2v) is 8.94. The van der Waals surface area contributed by atoms with Crippen LogP contribution in [-0.4, -0.2) is 51.1 Å². The molecule has 0 radical (unpaired) electrons. The van der Waals surface area contributed by atoms with E-state index < -0.39 is 10.0 Å². The van der Waals surface area contributed by atoms with E-state index in [1.54, 1.807) is 29.6 Å². The van der Waals surface area contributed by atoms with E-state index >= 15 is 0 Å². The number of nitrogens with zero attached hydrogens (tertiary/aromatic N) is 1. The lowest BCUT2D eigenvalue weighted by Gasteiger charge is -2.34. The third-order valence-electron chi connectivity index (χ3n) is 5.36. The Labute approximate surface area is 155 Å². The molecule has 1 aromatic carbocycles. The molecule has 3 heterocycles. The summed E-state index contributed by atoms with van der Waals surface area (Å²) < 4.78 is 38.9. The fourth-order valence-corrected chi connectivity index (χ4v) is 5.38. The van der Waals surface area contributed by atoms with Crippen LogP contribution in [0.3, 0.4) is 0 Å². The van der Waals surface area contributed by atoms with Crippen LogP contribution in [-0.2, 0) is 10.0 Å². The van der Waals surface area contributed by atoms with E-state index in [1.807, 2.05) is 0 Å². The zero-order chi connectivity index (χ0) is 16.7. The molecule has 2 bridgehead atoms. The van der Waals surface area contributed by atoms with Crippen LogP contribution in [0.4, 0.5) is 0 Å². The summed E-state index contributed by atoms with van der Waals surface area (Å²) in [6, 6.07) is 5.89. The molecule has 0 saturated carbocycles. The average Bonchev–Trinajstić information content (AvgIpc) is 2.79. The van der Waals surface area contributed by atoms with Gasteiger partial charge in [0.2, 0.25) is 10.0 Å². The van der Waals surface area contributed by atoms with Crippen molar-refractivity contribution in [2.24, 2.45) is 0 Å². The van der Waals surface area contributed by atoms with Crippen molar-refractivity contribution in [3.8, 4) is 11.5 Å². The van der Waals surface area contributed by atoms with Gasteiger partial charge in [0, 0.05) is 37.7 Å². The Hall–Kier alpha value is -1.02. The number of halogens is 1. The SMILES string of the molecule is CN(C1CC2CCC(C1)N2)S(=O)(=O)c1ccc2c(c1)OCCCO2.Cl. The Morgan fingerprint density at radius 1 is 1.08 bits per heavy atom. The van der Waals surface area contributed by atoms with Crippen LogP contribution in [0.15, 0.2) is 23.1 Å². The number of hydrogen-bond acceptors (Lipinski definition) is 5. The van der Waals surface area contributed by atoms with Gasteiger partial charge in [-0.15, -0.1) is 12.4 Å². The van der Waals surface area contributed by atoms with Crippen LogP contribution in [0, 0.1) is 0 Å². The van der Waals surface area contributed by atoms with Crippen molar-refractivity contribution in [2.45, 2.75) is 55.1 Å². The number of piperidine rings is 1. The van der Waals surface area contributed by atoms with Gasteiger partial charge in [0.05, 0.1) is 18.1 Å². The fraction of sp³-hybridized carbons (Fsp3) is 0.647. The molecule has 25 heavy (non-hydrogen) atoms. The molecular weight excluding hydrogens is 364 g/mol. The quantitative estimate of drug-likeness (QED) is 0.859. The summed E-state index contributed by atoms with van der Waals surface area (Å²) in [5, 5.41) is 3.56. The van der Waals surface area contributed by atoms with E-state index in [4.69, 9.17) is 9.47 Å². The minimum absolute atomic E-state index is 0. The summed E-state index contributed by atoms with van der Waals surface area (Å²) in [6.45, 7) is 1.14. The summed E-state index contributed by atoms with van der Waals surface area (Å²) in [6.07, 6.45) is 4.88. The van der Waals surface area contributed by atoms with Gasteiger partial charge < -0.3 is 14.8 Å². The van der Waals surface area contributed by atoms with Crippen LogP contribution < -0.4 is 14.8 Å². The Morgan fingerprint density at radius 2 is 1.72 bits per heavy atom. The van der Waals surface area contributed by atoms with Crippen molar-refractivity contribution in [1.29, 1.82) is 0 Å². The molecule has 3 aliphatic heterocycles. The Morgan fingerprint density at radius 3 is 2.40 bits per heavy atom. The molecule has 2 saturated heterocycles. The third kappa shape index (κ3) is 3.60. The maximum atomic E-state index is 13.0. The molecule has 0 aromatic heterocycles. The molecule has 0 amide bonds. The lowest BCUT2D eigenvalue weighted by atomic mass is 10.0. The molecule has 8 heteroatoms. The van der Waals surface area contributed by atoms with Crippen LogP contribution in [0.2, 0.25) is 0 Å². The first kappa shape index (κ1) is 18.8. The van der Waals surface area contributed by atoms with Crippen molar-refractivity contribution in [3.05, 3.63) is 18.2 Å². The van der Waals surface area contributed by atoms with E-state index in [2.05, 4.69) is 5.32 Å². The monoisotopic (exact) mass is 388 g/mol. The smallest absolute Gasteiger partial charge is 0.243 e. The van der Waals surface area contributed by atoms with E-state index in [0.29, 0.717) is 36.8 Å².